The van der Waals surface area contributed by atoms with Crippen molar-refractivity contribution in [2.45, 2.75) is 6.42 Å². The number of aromatic nitrogens is 2. The van der Waals surface area contributed by atoms with E-state index in [9.17, 15) is 0 Å². The molecule has 0 aliphatic carbocycles. The van der Waals surface area contributed by atoms with Gasteiger partial charge in [-0.05, 0) is 11.6 Å². The van der Waals surface area contributed by atoms with Crippen molar-refractivity contribution in [3.05, 3.63) is 36.2 Å². The first-order chi connectivity index (χ1) is 7.36. The van der Waals surface area contributed by atoms with Crippen molar-refractivity contribution in [2.75, 3.05) is 12.3 Å². The summed E-state index contributed by atoms with van der Waals surface area (Å²) < 4.78 is 9.24. The molecule has 0 aliphatic rings. The molecule has 0 atom stereocenters. The Bertz CT molecular complexity index is 416. The maximum absolute atomic E-state index is 5.80. The first-order valence-electron chi connectivity index (χ1n) is 4.59. The Morgan fingerprint density at radius 3 is 2.93 bits per heavy atom. The Hall–Kier alpha value is -1.62. The van der Waals surface area contributed by atoms with Crippen LogP contribution in [0.25, 0.3) is 0 Å². The molecule has 2 aromatic rings. The molecule has 0 saturated heterocycles. The molecule has 4 nitrogen and oxygen atoms in total. The number of benzene rings is 1. The Labute approximate surface area is 91.9 Å². The summed E-state index contributed by atoms with van der Waals surface area (Å²) >= 11 is 1.25. The van der Waals surface area contributed by atoms with Crippen molar-refractivity contribution >= 4 is 17.2 Å². The van der Waals surface area contributed by atoms with E-state index < -0.39 is 0 Å². The van der Waals surface area contributed by atoms with Crippen LogP contribution in [0.1, 0.15) is 5.56 Å². The summed E-state index contributed by atoms with van der Waals surface area (Å²) in [5, 5.41) is 0.601. The zero-order chi connectivity index (χ0) is 10.5. The number of rotatable bonds is 4. The quantitative estimate of drug-likeness (QED) is 0.799. The van der Waals surface area contributed by atoms with E-state index in [4.69, 9.17) is 10.5 Å². The average molecular weight is 221 g/mol. The van der Waals surface area contributed by atoms with Gasteiger partial charge in [-0.15, -0.1) is 0 Å². The highest BCUT2D eigenvalue weighted by Gasteiger charge is 2.00. The summed E-state index contributed by atoms with van der Waals surface area (Å²) in [7, 11) is 0. The second-order valence-corrected chi connectivity index (χ2v) is 3.75. The zero-order valence-corrected chi connectivity index (χ0v) is 8.91. The van der Waals surface area contributed by atoms with Crippen LogP contribution < -0.4 is 10.5 Å². The van der Waals surface area contributed by atoms with Gasteiger partial charge >= 0.3 is 0 Å². The molecule has 2 N–H and O–H groups in total. The van der Waals surface area contributed by atoms with Crippen LogP contribution in [0.4, 0.5) is 5.69 Å². The van der Waals surface area contributed by atoms with Crippen molar-refractivity contribution in [1.82, 2.24) is 9.36 Å². The van der Waals surface area contributed by atoms with Gasteiger partial charge in [0.05, 0.1) is 6.61 Å². The number of nitrogens with two attached hydrogens (primary N) is 1. The van der Waals surface area contributed by atoms with Crippen molar-refractivity contribution < 1.29 is 4.74 Å². The molecule has 0 bridgehead atoms. The largest absolute Gasteiger partial charge is 0.469 e. The van der Waals surface area contributed by atoms with Crippen LogP contribution in [0.2, 0.25) is 0 Å². The maximum atomic E-state index is 5.80. The lowest BCUT2D eigenvalue weighted by atomic mass is 10.1. The van der Waals surface area contributed by atoms with Crippen molar-refractivity contribution in [2.24, 2.45) is 0 Å². The van der Waals surface area contributed by atoms with Gasteiger partial charge in [-0.2, -0.15) is 9.36 Å². The van der Waals surface area contributed by atoms with Crippen LogP contribution in [0, 0.1) is 0 Å². The number of nitrogen functional groups attached to an aromatic ring is 1. The highest BCUT2D eigenvalue weighted by atomic mass is 32.1. The molecule has 78 valence electrons. The third-order valence-corrected chi connectivity index (χ3v) is 2.57. The monoisotopic (exact) mass is 221 g/mol. The fraction of sp³-hybridized carbons (Fsp3) is 0.200. The highest BCUT2D eigenvalue weighted by molar-refractivity contribution is 7.07. The fourth-order valence-corrected chi connectivity index (χ4v) is 1.65. The number of nitrogens with zero attached hydrogens (tertiary/aromatic N) is 2. The van der Waals surface area contributed by atoms with Gasteiger partial charge in [-0.1, -0.05) is 18.2 Å². The molecule has 5 heteroatoms. The van der Waals surface area contributed by atoms with E-state index in [-0.39, 0.29) is 0 Å². The average Bonchev–Trinajstić information content (AvgIpc) is 2.74. The molecule has 15 heavy (non-hydrogen) atoms. The summed E-state index contributed by atoms with van der Waals surface area (Å²) in [5.74, 6) is 0. The molecule has 0 amide bonds. The topological polar surface area (TPSA) is 61.0 Å². The van der Waals surface area contributed by atoms with Crippen LogP contribution in [0.15, 0.2) is 30.6 Å². The molecular weight excluding hydrogens is 210 g/mol. The summed E-state index contributed by atoms with van der Waals surface area (Å²) in [6.45, 7) is 0.573. The molecule has 0 aliphatic heterocycles. The molecule has 1 aromatic carbocycles. The molecule has 0 radical (unpaired) electrons. The van der Waals surface area contributed by atoms with Crippen LogP contribution in [-0.4, -0.2) is 16.0 Å². The number of hydrogen-bond donors (Lipinski definition) is 1. The van der Waals surface area contributed by atoms with Crippen LogP contribution >= 0.6 is 11.5 Å². The maximum Gasteiger partial charge on any atom is 0.292 e. The second kappa shape index (κ2) is 4.75. The number of hydrogen-bond acceptors (Lipinski definition) is 5. The van der Waals surface area contributed by atoms with Crippen LogP contribution in [-0.2, 0) is 6.42 Å². The van der Waals surface area contributed by atoms with Gasteiger partial charge in [0.1, 0.15) is 6.33 Å². The molecule has 0 saturated carbocycles. The standard InChI is InChI=1S/C10H11N3OS/c11-9-4-2-1-3-8(9)5-6-14-10-12-7-13-15-10/h1-4,7H,5-6,11H2. The normalized spacial score (nSPS) is 10.1. The van der Waals surface area contributed by atoms with Gasteiger partial charge in [0.25, 0.3) is 5.19 Å². The summed E-state index contributed by atoms with van der Waals surface area (Å²) in [6.07, 6.45) is 2.27. The first kappa shape index (κ1) is 9.92. The first-order valence-corrected chi connectivity index (χ1v) is 5.36. The molecule has 1 aromatic heterocycles. The van der Waals surface area contributed by atoms with Gasteiger partial charge in [0.2, 0.25) is 0 Å². The number of ether oxygens (including phenoxy) is 1. The molecule has 0 spiro atoms. The van der Waals surface area contributed by atoms with E-state index in [0.29, 0.717) is 11.8 Å². The smallest absolute Gasteiger partial charge is 0.292 e. The number of anilines is 1. The van der Waals surface area contributed by atoms with Crippen molar-refractivity contribution in [3.8, 4) is 5.19 Å². The SMILES string of the molecule is Nc1ccccc1CCOc1ncns1. The Kier molecular flexibility index (Phi) is 3.14. The summed E-state index contributed by atoms with van der Waals surface area (Å²) in [4.78, 5) is 3.92. The minimum atomic E-state index is 0.573. The van der Waals surface area contributed by atoms with E-state index in [0.717, 1.165) is 17.7 Å². The fourth-order valence-electron chi connectivity index (χ4n) is 1.24. The predicted octanol–water partition coefficient (Wildman–Crippen LogP) is 1.74. The second-order valence-electron chi connectivity index (χ2n) is 3.00. The lowest BCUT2D eigenvalue weighted by Gasteiger charge is -2.04. The lowest BCUT2D eigenvalue weighted by molar-refractivity contribution is 0.320. The van der Waals surface area contributed by atoms with E-state index in [1.54, 1.807) is 0 Å². The molecule has 0 unspecified atom stereocenters. The van der Waals surface area contributed by atoms with Gasteiger partial charge in [0.15, 0.2) is 0 Å². The third-order valence-electron chi connectivity index (χ3n) is 1.99. The molecule has 0 fully saturated rings. The highest BCUT2D eigenvalue weighted by Crippen LogP contribution is 2.13. The van der Waals surface area contributed by atoms with Gasteiger partial charge < -0.3 is 10.5 Å². The Morgan fingerprint density at radius 1 is 1.33 bits per heavy atom. The molecular formula is C10H11N3OS. The molecule has 1 heterocycles. The van der Waals surface area contributed by atoms with Crippen molar-refractivity contribution in [3.63, 3.8) is 0 Å². The van der Waals surface area contributed by atoms with Crippen LogP contribution in [0.3, 0.4) is 0 Å². The van der Waals surface area contributed by atoms with E-state index in [1.807, 2.05) is 24.3 Å². The van der Waals surface area contributed by atoms with Crippen molar-refractivity contribution in [1.29, 1.82) is 0 Å². The number of para-hydroxylation sites is 1. The van der Waals surface area contributed by atoms with Gasteiger partial charge in [-0.25, -0.2) is 0 Å². The van der Waals surface area contributed by atoms with Crippen LogP contribution in [0.5, 0.6) is 5.19 Å². The third kappa shape index (κ3) is 2.66. The Balaban J connectivity index is 1.86. The van der Waals surface area contributed by atoms with E-state index >= 15 is 0 Å². The lowest BCUT2D eigenvalue weighted by Crippen LogP contribution is -2.03. The summed E-state index contributed by atoms with van der Waals surface area (Å²) in [6, 6.07) is 7.78. The van der Waals surface area contributed by atoms with Gasteiger partial charge in [-0.3, -0.25) is 0 Å². The van der Waals surface area contributed by atoms with E-state index in [1.165, 1.54) is 17.9 Å². The van der Waals surface area contributed by atoms with Gasteiger partial charge in [0, 0.05) is 23.6 Å². The molecule has 2 rings (SSSR count). The summed E-state index contributed by atoms with van der Waals surface area (Å²) in [5.41, 5.74) is 7.70. The Morgan fingerprint density at radius 2 is 2.20 bits per heavy atom. The zero-order valence-electron chi connectivity index (χ0n) is 8.09. The predicted molar refractivity (Wildman–Crippen MR) is 60.0 cm³/mol. The van der Waals surface area contributed by atoms with E-state index in [2.05, 4.69) is 9.36 Å². The minimum absolute atomic E-state index is 0.573. The minimum Gasteiger partial charge on any atom is -0.469 e.